The highest BCUT2D eigenvalue weighted by molar-refractivity contribution is 9.26. The van der Waals surface area contributed by atoms with Crippen LogP contribution in [0.3, 0.4) is 0 Å². The van der Waals surface area contributed by atoms with Gasteiger partial charge in [-0.05, 0) is 0 Å². The van der Waals surface area contributed by atoms with Gasteiger partial charge in [0, 0.05) is 24.6 Å². The van der Waals surface area contributed by atoms with Crippen LogP contribution in [0.5, 0.6) is 0 Å². The molecule has 0 N–H and O–H groups in total. The number of carbonyl (C=O) groups is 1. The number of carbonyl (C=O) groups excluding carboxylic acids is 1. The second-order valence-electron chi connectivity index (χ2n) is 5.44. The number of ketones is 1. The van der Waals surface area contributed by atoms with E-state index in [2.05, 4.69) is 42.1 Å². The maximum atomic E-state index is 12.7. The molecule has 0 fully saturated rings. The van der Waals surface area contributed by atoms with Crippen molar-refractivity contribution in [1.82, 2.24) is 14.8 Å². The number of benzene rings is 2. The van der Waals surface area contributed by atoms with Crippen LogP contribution in [0.25, 0.3) is 11.4 Å². The van der Waals surface area contributed by atoms with E-state index in [1.54, 1.807) is 12.1 Å². The molecule has 2 aromatic carbocycles. The third-order valence-corrected chi connectivity index (χ3v) is 5.03. The lowest BCUT2D eigenvalue weighted by atomic mass is 10.1. The van der Waals surface area contributed by atoms with Crippen LogP contribution in [-0.4, -0.2) is 23.8 Å². The molecule has 0 bridgehead atoms. The van der Waals surface area contributed by atoms with Gasteiger partial charge in [-0.25, -0.2) is 0 Å². The summed E-state index contributed by atoms with van der Waals surface area (Å²) in [5.41, 5.74) is 1.62. The van der Waals surface area contributed by atoms with Gasteiger partial charge in [-0.2, -0.15) is 0 Å². The molecular weight excluding hydrogens is 434 g/mol. The van der Waals surface area contributed by atoms with E-state index in [1.165, 1.54) is 0 Å². The number of rotatable bonds is 5. The molecule has 0 unspecified atom stereocenters. The zero-order chi connectivity index (χ0) is 17.2. The van der Waals surface area contributed by atoms with Crippen molar-refractivity contribution in [2.45, 2.75) is 9.65 Å². The molecule has 3 rings (SSSR count). The lowest BCUT2D eigenvalue weighted by Crippen LogP contribution is -2.29. The van der Waals surface area contributed by atoms with E-state index in [9.17, 15) is 4.79 Å². The van der Waals surface area contributed by atoms with Crippen LogP contribution in [0.2, 0.25) is 0 Å². The van der Waals surface area contributed by atoms with Crippen molar-refractivity contribution in [3.63, 3.8) is 0 Å². The third kappa shape index (κ3) is 3.49. The van der Waals surface area contributed by atoms with E-state index >= 15 is 0 Å². The van der Waals surface area contributed by atoms with Crippen LogP contribution in [0.1, 0.15) is 16.2 Å². The fourth-order valence-electron chi connectivity index (χ4n) is 2.43. The quantitative estimate of drug-likeness (QED) is 0.429. The summed E-state index contributed by atoms with van der Waals surface area (Å²) in [6, 6.07) is 19.0. The average molecular weight is 449 g/mol. The van der Waals surface area contributed by atoms with Crippen molar-refractivity contribution in [3.8, 4) is 11.4 Å². The van der Waals surface area contributed by atoms with Crippen molar-refractivity contribution >= 4 is 37.6 Å². The molecule has 1 heterocycles. The Morgan fingerprint density at radius 3 is 2.21 bits per heavy atom. The fourth-order valence-corrected chi connectivity index (χ4v) is 3.39. The molecular formula is C18H15Br2N3O. The molecule has 0 atom stereocenters. The Morgan fingerprint density at radius 1 is 1.00 bits per heavy atom. The number of Topliss-reactive ketones (excluding diaryl/α,β-unsaturated/α-hetero) is 1. The number of hydrogen-bond donors (Lipinski definition) is 0. The van der Waals surface area contributed by atoms with Crippen LogP contribution in [0, 0.1) is 0 Å². The number of aromatic nitrogens is 3. The molecule has 24 heavy (non-hydrogen) atoms. The Labute approximate surface area is 157 Å². The largest absolute Gasteiger partial charge is 0.314 e. The first-order valence-corrected chi connectivity index (χ1v) is 8.99. The Kier molecular flexibility index (Phi) is 4.96. The molecule has 0 aliphatic rings. The first kappa shape index (κ1) is 17.0. The molecule has 0 saturated heterocycles. The molecule has 0 aliphatic carbocycles. The van der Waals surface area contributed by atoms with E-state index in [0.717, 1.165) is 11.4 Å². The van der Waals surface area contributed by atoms with Gasteiger partial charge in [0.25, 0.3) is 0 Å². The van der Waals surface area contributed by atoms with Gasteiger partial charge in [-0.15, -0.1) is 10.2 Å². The first-order valence-electron chi connectivity index (χ1n) is 7.40. The highest BCUT2D eigenvalue weighted by atomic mass is 79.9. The summed E-state index contributed by atoms with van der Waals surface area (Å²) in [4.78, 5) is 12.7. The zero-order valence-electron chi connectivity index (χ0n) is 13.0. The van der Waals surface area contributed by atoms with Gasteiger partial charge in [-0.3, -0.25) is 4.79 Å². The predicted octanol–water partition coefficient (Wildman–Crippen LogP) is 4.39. The van der Waals surface area contributed by atoms with Gasteiger partial charge >= 0.3 is 0 Å². The van der Waals surface area contributed by atoms with Crippen molar-refractivity contribution in [3.05, 3.63) is 72.1 Å². The van der Waals surface area contributed by atoms with E-state index < -0.39 is 3.23 Å². The third-order valence-electron chi connectivity index (χ3n) is 3.75. The van der Waals surface area contributed by atoms with Crippen LogP contribution in [-0.2, 0) is 13.5 Å². The monoisotopic (exact) mass is 447 g/mol. The Morgan fingerprint density at radius 2 is 1.58 bits per heavy atom. The summed E-state index contributed by atoms with van der Waals surface area (Å²) >= 11 is 7.01. The molecule has 4 nitrogen and oxygen atoms in total. The van der Waals surface area contributed by atoms with Gasteiger partial charge in [-0.1, -0.05) is 92.5 Å². The molecule has 0 aliphatic heterocycles. The fraction of sp³-hybridized carbons (Fsp3) is 0.167. The molecule has 6 heteroatoms. The topological polar surface area (TPSA) is 47.8 Å². The summed E-state index contributed by atoms with van der Waals surface area (Å²) in [7, 11) is 1.90. The highest BCUT2D eigenvalue weighted by Crippen LogP contribution is 2.34. The van der Waals surface area contributed by atoms with Gasteiger partial charge < -0.3 is 4.57 Å². The first-order chi connectivity index (χ1) is 11.5. The van der Waals surface area contributed by atoms with E-state index in [4.69, 9.17) is 0 Å². The predicted molar refractivity (Wildman–Crippen MR) is 102 cm³/mol. The Hall–Kier alpha value is -1.79. The summed E-state index contributed by atoms with van der Waals surface area (Å²) in [5.74, 6) is 1.44. The standard InChI is InChI=1S/C18H15Br2N3O/c1-23-15(21-22-17(23)14-10-6-3-7-11-14)12-18(19,20)16(24)13-8-4-2-5-9-13/h2-11H,12H2,1H3. The summed E-state index contributed by atoms with van der Waals surface area (Å²) < 4.78 is 0.987. The Balaban J connectivity index is 1.86. The minimum absolute atomic E-state index is 0.0487. The van der Waals surface area contributed by atoms with E-state index in [0.29, 0.717) is 17.8 Å². The molecule has 0 spiro atoms. The average Bonchev–Trinajstić information content (AvgIpc) is 2.96. The summed E-state index contributed by atoms with van der Waals surface area (Å²) in [6.07, 6.45) is 0.372. The number of alkyl halides is 2. The minimum atomic E-state index is -0.921. The van der Waals surface area contributed by atoms with Gasteiger partial charge in [0.1, 0.15) is 9.06 Å². The van der Waals surface area contributed by atoms with Crippen LogP contribution in [0.4, 0.5) is 0 Å². The zero-order valence-corrected chi connectivity index (χ0v) is 16.2. The van der Waals surface area contributed by atoms with Crippen LogP contribution < -0.4 is 0 Å². The molecule has 0 radical (unpaired) electrons. The summed E-state index contributed by atoms with van der Waals surface area (Å²) in [6.45, 7) is 0. The van der Waals surface area contributed by atoms with Crippen molar-refractivity contribution in [2.75, 3.05) is 0 Å². The van der Waals surface area contributed by atoms with E-state index in [1.807, 2.05) is 60.1 Å². The van der Waals surface area contributed by atoms with Crippen molar-refractivity contribution in [1.29, 1.82) is 0 Å². The van der Waals surface area contributed by atoms with Crippen molar-refractivity contribution in [2.24, 2.45) is 7.05 Å². The molecule has 3 aromatic rings. The van der Waals surface area contributed by atoms with Gasteiger partial charge in [0.05, 0.1) is 0 Å². The lowest BCUT2D eigenvalue weighted by Gasteiger charge is -2.18. The van der Waals surface area contributed by atoms with Gasteiger partial charge in [0.15, 0.2) is 11.6 Å². The van der Waals surface area contributed by atoms with Gasteiger partial charge in [0.2, 0.25) is 0 Å². The maximum Gasteiger partial charge on any atom is 0.190 e. The molecule has 0 amide bonds. The number of hydrogen-bond acceptors (Lipinski definition) is 3. The molecule has 0 saturated carbocycles. The number of nitrogens with zero attached hydrogens (tertiary/aromatic N) is 3. The van der Waals surface area contributed by atoms with E-state index in [-0.39, 0.29) is 5.78 Å². The normalized spacial score (nSPS) is 11.5. The SMILES string of the molecule is Cn1c(CC(Br)(Br)C(=O)c2ccccc2)nnc1-c1ccccc1. The van der Waals surface area contributed by atoms with Crippen LogP contribution in [0.15, 0.2) is 60.7 Å². The summed E-state index contributed by atoms with van der Waals surface area (Å²) in [5, 5.41) is 8.52. The van der Waals surface area contributed by atoms with Crippen molar-refractivity contribution < 1.29 is 4.79 Å². The lowest BCUT2D eigenvalue weighted by molar-refractivity contribution is 0.0981. The van der Waals surface area contributed by atoms with Crippen LogP contribution >= 0.6 is 31.9 Å². The maximum absolute atomic E-state index is 12.7. The highest BCUT2D eigenvalue weighted by Gasteiger charge is 2.35. The second kappa shape index (κ2) is 6.99. The molecule has 1 aromatic heterocycles. The number of halogens is 2. The second-order valence-corrected chi connectivity index (χ2v) is 9.21. The smallest absolute Gasteiger partial charge is 0.190 e. The minimum Gasteiger partial charge on any atom is -0.314 e. The molecule has 122 valence electrons. The Bertz CT molecular complexity index is 845.